The average molecular weight is 537 g/mol. The summed E-state index contributed by atoms with van der Waals surface area (Å²) in [6.07, 6.45) is 0. The van der Waals surface area contributed by atoms with E-state index in [2.05, 4.69) is 93.9 Å². The van der Waals surface area contributed by atoms with E-state index in [1.807, 2.05) is 6.07 Å². The molecule has 1 aliphatic heterocycles. The fourth-order valence-corrected chi connectivity index (χ4v) is 5.92. The van der Waals surface area contributed by atoms with Crippen molar-refractivity contribution < 1.29 is 9.21 Å². The largest absolute Gasteiger partial charge is 0.431 e. The Labute approximate surface area is 232 Å². The second-order valence-electron chi connectivity index (χ2n) is 12.0. The molecule has 0 atom stereocenters. The van der Waals surface area contributed by atoms with Crippen LogP contribution in [0.4, 0.5) is 5.69 Å². The Kier molecular flexibility index (Phi) is 9.22. The molecule has 206 valence electrons. The number of nitrogens with zero attached hydrogens (tertiary/aromatic N) is 3. The number of amides is 1. The van der Waals surface area contributed by atoms with Gasteiger partial charge in [0.05, 0.1) is 6.54 Å². The summed E-state index contributed by atoms with van der Waals surface area (Å²) in [5.41, 5.74) is 6.48. The van der Waals surface area contributed by atoms with Gasteiger partial charge in [0.15, 0.2) is 5.58 Å². The second kappa shape index (κ2) is 12.2. The minimum absolute atomic E-state index is 0.0199. The van der Waals surface area contributed by atoms with E-state index in [4.69, 9.17) is 9.40 Å². The van der Waals surface area contributed by atoms with E-state index in [0.29, 0.717) is 18.4 Å². The Morgan fingerprint density at radius 2 is 1.58 bits per heavy atom. The molecule has 2 heterocycles. The van der Waals surface area contributed by atoms with Gasteiger partial charge in [-0.05, 0) is 34.4 Å². The van der Waals surface area contributed by atoms with Crippen LogP contribution in [0.25, 0.3) is 11.1 Å². The molecule has 1 amide bonds. The number of thioether (sulfide) groups is 1. The summed E-state index contributed by atoms with van der Waals surface area (Å²) >= 11 is 1.68. The van der Waals surface area contributed by atoms with Gasteiger partial charge in [-0.3, -0.25) is 14.6 Å². The third-order valence-electron chi connectivity index (χ3n) is 7.31. The van der Waals surface area contributed by atoms with Gasteiger partial charge in [0.1, 0.15) is 5.52 Å². The standard InChI is InChI=1S/C31H44N4O2S/c1-21(2)23-10-8-11-24(22(3)4)28(23)33-27(36)20-35-16-14-34(15-17-35)18-19-38-30-32-26-13-9-12-25(29(26)37-30)31(5,6)7/h8-13,21-22H,14-20H2,1-7H3,(H,33,36). The molecular weight excluding hydrogens is 492 g/mol. The highest BCUT2D eigenvalue weighted by Gasteiger charge is 2.23. The van der Waals surface area contributed by atoms with Gasteiger partial charge in [-0.25, -0.2) is 4.98 Å². The summed E-state index contributed by atoms with van der Waals surface area (Å²) in [5.74, 6) is 1.73. The maximum Gasteiger partial charge on any atom is 0.256 e. The number of piperazine rings is 1. The van der Waals surface area contributed by atoms with Gasteiger partial charge in [-0.2, -0.15) is 0 Å². The van der Waals surface area contributed by atoms with Crippen LogP contribution >= 0.6 is 11.8 Å². The third kappa shape index (κ3) is 6.99. The van der Waals surface area contributed by atoms with Gasteiger partial charge >= 0.3 is 0 Å². The quantitative estimate of drug-likeness (QED) is 0.306. The summed E-state index contributed by atoms with van der Waals surface area (Å²) < 4.78 is 6.15. The topological polar surface area (TPSA) is 61.6 Å². The maximum atomic E-state index is 13.0. The number of hydrogen-bond acceptors (Lipinski definition) is 6. The van der Waals surface area contributed by atoms with Crippen LogP contribution in [0.3, 0.4) is 0 Å². The first-order chi connectivity index (χ1) is 18.0. The minimum Gasteiger partial charge on any atom is -0.431 e. The number of hydrogen-bond donors (Lipinski definition) is 1. The number of para-hydroxylation sites is 2. The number of benzene rings is 2. The smallest absolute Gasteiger partial charge is 0.256 e. The van der Waals surface area contributed by atoms with Crippen molar-refractivity contribution in [2.75, 3.05) is 50.3 Å². The molecule has 38 heavy (non-hydrogen) atoms. The van der Waals surface area contributed by atoms with Gasteiger partial charge in [-0.15, -0.1) is 0 Å². The Morgan fingerprint density at radius 3 is 2.18 bits per heavy atom. The molecule has 0 spiro atoms. The van der Waals surface area contributed by atoms with Crippen LogP contribution < -0.4 is 5.32 Å². The SMILES string of the molecule is CC(C)c1cccc(C(C)C)c1NC(=O)CN1CCN(CCSc2nc3cccc(C(C)(C)C)c3o2)CC1. The molecule has 6 nitrogen and oxygen atoms in total. The number of rotatable bonds is 9. The van der Waals surface area contributed by atoms with Crippen LogP contribution in [0, 0.1) is 0 Å². The number of aromatic nitrogens is 1. The summed E-state index contributed by atoms with van der Waals surface area (Å²) in [5, 5.41) is 4.01. The zero-order valence-corrected chi connectivity index (χ0v) is 25.0. The molecule has 1 saturated heterocycles. The molecule has 1 aromatic heterocycles. The van der Waals surface area contributed by atoms with Crippen molar-refractivity contribution in [3.05, 3.63) is 53.1 Å². The fraction of sp³-hybridized carbons (Fsp3) is 0.548. The second-order valence-corrected chi connectivity index (χ2v) is 13.1. The van der Waals surface area contributed by atoms with E-state index in [1.165, 1.54) is 16.7 Å². The number of fused-ring (bicyclic) bond motifs is 1. The molecule has 7 heteroatoms. The first kappa shape index (κ1) is 28.7. The van der Waals surface area contributed by atoms with Crippen LogP contribution in [-0.4, -0.2) is 65.7 Å². The highest BCUT2D eigenvalue weighted by atomic mass is 32.2. The van der Waals surface area contributed by atoms with Gasteiger partial charge in [0.25, 0.3) is 5.22 Å². The molecular formula is C31H44N4O2S. The summed E-state index contributed by atoms with van der Waals surface area (Å²) in [4.78, 5) is 22.5. The Morgan fingerprint density at radius 1 is 0.974 bits per heavy atom. The lowest BCUT2D eigenvalue weighted by atomic mass is 9.86. The monoisotopic (exact) mass is 536 g/mol. The molecule has 0 aliphatic carbocycles. The lowest BCUT2D eigenvalue weighted by Crippen LogP contribution is -2.49. The van der Waals surface area contributed by atoms with Crippen molar-refractivity contribution in [3.63, 3.8) is 0 Å². The fourth-order valence-electron chi connectivity index (χ4n) is 5.09. The van der Waals surface area contributed by atoms with Crippen molar-refractivity contribution in [3.8, 4) is 0 Å². The zero-order chi connectivity index (χ0) is 27.4. The van der Waals surface area contributed by atoms with Gasteiger partial charge in [-0.1, -0.05) is 90.6 Å². The van der Waals surface area contributed by atoms with Crippen molar-refractivity contribution >= 4 is 34.5 Å². The average Bonchev–Trinajstić information content (AvgIpc) is 3.27. The van der Waals surface area contributed by atoms with E-state index in [9.17, 15) is 4.79 Å². The highest BCUT2D eigenvalue weighted by molar-refractivity contribution is 7.99. The molecule has 1 N–H and O–H groups in total. The first-order valence-corrected chi connectivity index (χ1v) is 14.9. The van der Waals surface area contributed by atoms with E-state index >= 15 is 0 Å². The maximum absolute atomic E-state index is 13.0. The van der Waals surface area contributed by atoms with Crippen LogP contribution in [0.1, 0.15) is 77.0 Å². The van der Waals surface area contributed by atoms with Gasteiger partial charge in [0.2, 0.25) is 5.91 Å². The molecule has 2 aromatic carbocycles. The van der Waals surface area contributed by atoms with E-state index in [0.717, 1.165) is 60.5 Å². The number of carbonyl (C=O) groups excluding carboxylic acids is 1. The molecule has 0 saturated carbocycles. The number of oxazole rings is 1. The molecule has 3 aromatic rings. The first-order valence-electron chi connectivity index (χ1n) is 13.9. The minimum atomic E-state index is 0.0199. The summed E-state index contributed by atoms with van der Waals surface area (Å²) in [7, 11) is 0. The molecule has 0 unspecified atom stereocenters. The Hall–Kier alpha value is -2.35. The van der Waals surface area contributed by atoms with E-state index in [1.54, 1.807) is 11.8 Å². The van der Waals surface area contributed by atoms with E-state index in [-0.39, 0.29) is 11.3 Å². The number of anilines is 1. The molecule has 0 bridgehead atoms. The van der Waals surface area contributed by atoms with Gasteiger partial charge in [0, 0.05) is 49.7 Å². The molecule has 1 aliphatic rings. The molecule has 0 radical (unpaired) electrons. The van der Waals surface area contributed by atoms with Crippen molar-refractivity contribution in [1.29, 1.82) is 0 Å². The van der Waals surface area contributed by atoms with Crippen LogP contribution in [0.2, 0.25) is 0 Å². The number of carbonyl (C=O) groups is 1. The third-order valence-corrected chi connectivity index (χ3v) is 8.11. The van der Waals surface area contributed by atoms with Crippen molar-refractivity contribution in [2.24, 2.45) is 0 Å². The van der Waals surface area contributed by atoms with Crippen molar-refractivity contribution in [1.82, 2.24) is 14.8 Å². The van der Waals surface area contributed by atoms with Crippen LogP contribution in [0.15, 0.2) is 46.0 Å². The van der Waals surface area contributed by atoms with Crippen LogP contribution in [-0.2, 0) is 10.2 Å². The predicted molar refractivity (Wildman–Crippen MR) is 160 cm³/mol. The van der Waals surface area contributed by atoms with E-state index < -0.39 is 0 Å². The van der Waals surface area contributed by atoms with Crippen molar-refractivity contribution in [2.45, 2.75) is 70.9 Å². The summed E-state index contributed by atoms with van der Waals surface area (Å²) in [6.45, 7) is 20.5. The Bertz CT molecular complexity index is 1210. The molecule has 1 fully saturated rings. The Balaban J connectivity index is 1.25. The van der Waals surface area contributed by atoms with Crippen LogP contribution in [0.5, 0.6) is 0 Å². The van der Waals surface area contributed by atoms with Gasteiger partial charge < -0.3 is 9.73 Å². The zero-order valence-electron chi connectivity index (χ0n) is 24.1. The number of nitrogens with one attached hydrogen (secondary N) is 1. The predicted octanol–water partition coefficient (Wildman–Crippen LogP) is 6.72. The molecule has 4 rings (SSSR count). The lowest BCUT2D eigenvalue weighted by molar-refractivity contribution is -0.117. The lowest BCUT2D eigenvalue weighted by Gasteiger charge is -2.34. The highest BCUT2D eigenvalue weighted by Crippen LogP contribution is 2.33. The summed E-state index contributed by atoms with van der Waals surface area (Å²) in [6, 6.07) is 12.6. The normalized spacial score (nSPS) is 15.6.